The number of piperidine rings is 1. The lowest BCUT2D eigenvalue weighted by Gasteiger charge is -2.43. The van der Waals surface area contributed by atoms with Gasteiger partial charge in [0.2, 0.25) is 0 Å². The van der Waals surface area contributed by atoms with Gasteiger partial charge in [-0.2, -0.15) is 0 Å². The summed E-state index contributed by atoms with van der Waals surface area (Å²) in [5.74, 6) is 1.54. The molecule has 4 rings (SSSR count). The molecule has 0 unspecified atom stereocenters. The van der Waals surface area contributed by atoms with E-state index < -0.39 is 5.82 Å². The van der Waals surface area contributed by atoms with Gasteiger partial charge in [0.25, 0.3) is 0 Å². The number of fused-ring (bicyclic) bond motifs is 1. The molecule has 1 aromatic heterocycles. The van der Waals surface area contributed by atoms with Crippen molar-refractivity contribution in [3.05, 3.63) is 52.2 Å². The van der Waals surface area contributed by atoms with Gasteiger partial charge in [-0.25, -0.2) is 14.4 Å². The Labute approximate surface area is 188 Å². The van der Waals surface area contributed by atoms with Crippen molar-refractivity contribution >= 4 is 38.3 Å². The molecule has 0 bridgehead atoms. The molecule has 2 heterocycles. The number of ether oxygens (including phenoxy) is 2. The van der Waals surface area contributed by atoms with Crippen molar-refractivity contribution < 1.29 is 18.5 Å². The molecule has 164 valence electrons. The van der Waals surface area contributed by atoms with E-state index in [-0.39, 0.29) is 4.65 Å². The molecule has 7 nitrogen and oxygen atoms in total. The number of likely N-dealkylation sites (tertiary alicyclic amines) is 1. The lowest BCUT2D eigenvalue weighted by molar-refractivity contribution is -0.867. The third-order valence-corrected chi connectivity index (χ3v) is 6.09. The summed E-state index contributed by atoms with van der Waals surface area (Å²) in [7, 11) is 3.29. The largest absolute Gasteiger partial charge is 0.633 e. The molecule has 0 saturated carbocycles. The van der Waals surface area contributed by atoms with E-state index in [9.17, 15) is 9.60 Å². The Morgan fingerprint density at radius 3 is 2.68 bits per heavy atom. The Balaban J connectivity index is 1.56. The molecule has 0 atom stereocenters. The predicted octanol–water partition coefficient (Wildman–Crippen LogP) is 5.02. The summed E-state index contributed by atoms with van der Waals surface area (Å²) in [5, 5.41) is 15.7. The summed E-state index contributed by atoms with van der Waals surface area (Å²) in [5.41, 5.74) is 0.960. The summed E-state index contributed by atoms with van der Waals surface area (Å²) in [4.78, 5) is 8.61. The molecule has 0 amide bonds. The molecule has 1 N–H and O–H groups in total. The monoisotopic (exact) mass is 490 g/mol. The van der Waals surface area contributed by atoms with E-state index >= 15 is 0 Å². The fourth-order valence-electron chi connectivity index (χ4n) is 3.70. The molecular weight excluding hydrogens is 467 g/mol. The third-order valence-electron chi connectivity index (χ3n) is 5.60. The van der Waals surface area contributed by atoms with Crippen LogP contribution in [-0.2, 0) is 0 Å². The lowest BCUT2D eigenvalue weighted by atomic mass is 9.98. The minimum atomic E-state index is -0.395. The van der Waals surface area contributed by atoms with Gasteiger partial charge in [0, 0.05) is 34.7 Å². The van der Waals surface area contributed by atoms with E-state index in [1.54, 1.807) is 38.4 Å². The van der Waals surface area contributed by atoms with Crippen LogP contribution in [-0.4, -0.2) is 48.5 Å². The highest BCUT2D eigenvalue weighted by Crippen LogP contribution is 2.36. The standard InChI is InChI=1S/C22H24BrFN4O3/c1-28(29)7-5-14(6-8-28)12-31-21-11-19-16(10-20(21)30-2)22(26-13-25-19)27-18-4-3-15(23)9-17(18)24/h3-4,9-11,13-14H,5-8,12H2,1-2H3,(H,25,26,27). The smallest absolute Gasteiger partial charge is 0.163 e. The highest BCUT2D eigenvalue weighted by Gasteiger charge is 2.24. The van der Waals surface area contributed by atoms with Gasteiger partial charge in [0.1, 0.15) is 18.0 Å². The number of rotatable bonds is 6. The number of halogens is 2. The number of nitrogens with one attached hydrogen (secondary N) is 1. The average Bonchev–Trinajstić information content (AvgIpc) is 2.74. The third kappa shape index (κ3) is 5.06. The van der Waals surface area contributed by atoms with Crippen LogP contribution in [0.2, 0.25) is 0 Å². The maximum absolute atomic E-state index is 14.3. The zero-order valence-electron chi connectivity index (χ0n) is 17.4. The first-order valence-electron chi connectivity index (χ1n) is 10.1. The van der Waals surface area contributed by atoms with Crippen LogP contribution >= 0.6 is 15.9 Å². The second-order valence-corrected chi connectivity index (χ2v) is 8.91. The maximum Gasteiger partial charge on any atom is 0.163 e. The summed E-state index contributed by atoms with van der Waals surface area (Å²) in [6, 6.07) is 8.36. The second kappa shape index (κ2) is 8.94. The van der Waals surface area contributed by atoms with Crippen molar-refractivity contribution in [2.24, 2.45) is 5.92 Å². The van der Waals surface area contributed by atoms with Crippen molar-refractivity contribution in [2.45, 2.75) is 12.8 Å². The molecule has 31 heavy (non-hydrogen) atoms. The summed E-state index contributed by atoms with van der Waals surface area (Å²) >= 11 is 3.26. The highest BCUT2D eigenvalue weighted by molar-refractivity contribution is 9.10. The van der Waals surface area contributed by atoms with Gasteiger partial charge in [0.15, 0.2) is 11.5 Å². The van der Waals surface area contributed by atoms with Crippen LogP contribution in [0.15, 0.2) is 41.1 Å². The van der Waals surface area contributed by atoms with Gasteiger partial charge < -0.3 is 24.6 Å². The Bertz CT molecular complexity index is 1090. The number of hydrogen-bond acceptors (Lipinski definition) is 6. The van der Waals surface area contributed by atoms with E-state index in [2.05, 4.69) is 31.2 Å². The highest BCUT2D eigenvalue weighted by atomic mass is 79.9. The van der Waals surface area contributed by atoms with E-state index in [0.717, 1.165) is 12.8 Å². The van der Waals surface area contributed by atoms with E-state index in [1.165, 1.54) is 12.4 Å². The number of methoxy groups -OCH3 is 1. The van der Waals surface area contributed by atoms with Crippen molar-refractivity contribution in [3.8, 4) is 11.5 Å². The Morgan fingerprint density at radius 2 is 1.97 bits per heavy atom. The van der Waals surface area contributed by atoms with Crippen LogP contribution in [0.25, 0.3) is 10.9 Å². The van der Waals surface area contributed by atoms with Crippen molar-refractivity contribution in [1.82, 2.24) is 9.97 Å². The Morgan fingerprint density at radius 1 is 1.19 bits per heavy atom. The summed E-state index contributed by atoms with van der Waals surface area (Å²) in [6.07, 6.45) is 3.10. The SMILES string of the molecule is COc1cc2c(Nc3ccc(Br)cc3F)ncnc2cc1OCC1CC[N+](C)([O-])CC1. The molecule has 0 radical (unpaired) electrons. The maximum atomic E-state index is 14.3. The quantitative estimate of drug-likeness (QED) is 0.386. The van der Waals surface area contributed by atoms with E-state index in [4.69, 9.17) is 9.47 Å². The molecule has 2 aromatic carbocycles. The number of nitrogens with zero attached hydrogens (tertiary/aromatic N) is 3. The van der Waals surface area contributed by atoms with Crippen LogP contribution in [0, 0.1) is 16.9 Å². The first kappa shape index (κ1) is 21.7. The number of benzene rings is 2. The Hall–Kier alpha value is -2.49. The second-order valence-electron chi connectivity index (χ2n) is 7.99. The van der Waals surface area contributed by atoms with Crippen LogP contribution < -0.4 is 14.8 Å². The van der Waals surface area contributed by atoms with Gasteiger partial charge >= 0.3 is 0 Å². The van der Waals surface area contributed by atoms with Crippen molar-refractivity contribution in [2.75, 3.05) is 39.2 Å². The number of hydroxylamine groups is 3. The minimum Gasteiger partial charge on any atom is -0.633 e. The van der Waals surface area contributed by atoms with Gasteiger partial charge in [-0.3, -0.25) is 0 Å². The minimum absolute atomic E-state index is 0.179. The van der Waals surface area contributed by atoms with Gasteiger partial charge in [-0.1, -0.05) is 15.9 Å². The fourth-order valence-corrected chi connectivity index (χ4v) is 4.03. The number of hydrogen-bond donors (Lipinski definition) is 1. The summed E-state index contributed by atoms with van der Waals surface area (Å²) < 4.78 is 26.3. The molecule has 1 aliphatic heterocycles. The lowest BCUT2D eigenvalue weighted by Crippen LogP contribution is -2.45. The van der Waals surface area contributed by atoms with Gasteiger partial charge in [-0.05, 0) is 24.3 Å². The molecule has 0 aliphatic carbocycles. The average molecular weight is 491 g/mol. The van der Waals surface area contributed by atoms with Crippen molar-refractivity contribution in [3.63, 3.8) is 0 Å². The first-order chi connectivity index (χ1) is 14.8. The van der Waals surface area contributed by atoms with Crippen molar-refractivity contribution in [1.29, 1.82) is 0 Å². The van der Waals surface area contributed by atoms with Crippen LogP contribution in [0.1, 0.15) is 12.8 Å². The van der Waals surface area contributed by atoms with Gasteiger partial charge in [0.05, 0.1) is 45.1 Å². The normalized spacial score (nSPS) is 21.1. The predicted molar refractivity (Wildman–Crippen MR) is 121 cm³/mol. The van der Waals surface area contributed by atoms with E-state index in [1.807, 2.05) is 0 Å². The molecule has 1 aliphatic rings. The number of quaternary nitrogens is 1. The van der Waals surface area contributed by atoms with Crippen LogP contribution in [0.4, 0.5) is 15.9 Å². The van der Waals surface area contributed by atoms with Crippen LogP contribution in [0.5, 0.6) is 11.5 Å². The van der Waals surface area contributed by atoms with Crippen LogP contribution in [0.3, 0.4) is 0 Å². The molecule has 9 heteroatoms. The van der Waals surface area contributed by atoms with Gasteiger partial charge in [-0.15, -0.1) is 0 Å². The molecule has 3 aromatic rings. The number of anilines is 2. The summed E-state index contributed by atoms with van der Waals surface area (Å²) in [6.45, 7) is 1.73. The topological polar surface area (TPSA) is 79.3 Å². The molecule has 1 saturated heterocycles. The van der Waals surface area contributed by atoms with E-state index in [0.29, 0.717) is 64.0 Å². The molecule has 1 fully saturated rings. The molecular formula is C22H24BrFN4O3. The fraction of sp³-hybridized carbons (Fsp3) is 0.364. The number of aromatic nitrogens is 2. The molecule has 0 spiro atoms. The zero-order chi connectivity index (χ0) is 22.0. The first-order valence-corrected chi connectivity index (χ1v) is 10.9. The Kier molecular flexibility index (Phi) is 6.27. The zero-order valence-corrected chi connectivity index (χ0v) is 19.0.